The van der Waals surface area contributed by atoms with E-state index in [1.54, 1.807) is 0 Å². The first-order valence-electron chi connectivity index (χ1n) is 7.13. The number of rotatable bonds is 4. The Morgan fingerprint density at radius 1 is 1.33 bits per heavy atom. The van der Waals surface area contributed by atoms with Crippen molar-refractivity contribution in [3.63, 3.8) is 0 Å². The topological polar surface area (TPSA) is 36.4 Å². The number of nitrogens with zero attached hydrogens (tertiary/aromatic N) is 2. The Morgan fingerprint density at radius 2 is 2.06 bits per heavy atom. The summed E-state index contributed by atoms with van der Waals surface area (Å²) in [7, 11) is 0. The third kappa shape index (κ3) is 3.02. The van der Waals surface area contributed by atoms with Gasteiger partial charge in [0.15, 0.2) is 0 Å². The summed E-state index contributed by atoms with van der Waals surface area (Å²) in [4.78, 5) is 6.78. The molecule has 100 valence electrons. The van der Waals surface area contributed by atoms with Crippen LogP contribution in [0, 0.1) is 5.92 Å². The van der Waals surface area contributed by atoms with Crippen LogP contribution in [0.15, 0.2) is 18.3 Å². The van der Waals surface area contributed by atoms with Gasteiger partial charge in [0.1, 0.15) is 0 Å². The van der Waals surface area contributed by atoms with Crippen molar-refractivity contribution in [3.8, 4) is 0 Å². The van der Waals surface area contributed by atoms with Gasteiger partial charge in [-0.3, -0.25) is 4.98 Å². The minimum Gasteiger partial charge on any atom is -0.387 e. The summed E-state index contributed by atoms with van der Waals surface area (Å²) in [6.45, 7) is 6.52. The van der Waals surface area contributed by atoms with Crippen LogP contribution < -0.4 is 4.90 Å². The van der Waals surface area contributed by atoms with Crippen molar-refractivity contribution in [2.45, 2.75) is 45.6 Å². The Labute approximate surface area is 110 Å². The SMILES string of the molecule is CCC1CCN(c2ccc(C(O)CC)nc2)CC1. The van der Waals surface area contributed by atoms with Crippen molar-refractivity contribution in [1.82, 2.24) is 4.98 Å². The van der Waals surface area contributed by atoms with Crippen LogP contribution in [0.5, 0.6) is 0 Å². The van der Waals surface area contributed by atoms with Gasteiger partial charge in [0.05, 0.1) is 23.7 Å². The Balaban J connectivity index is 1.98. The van der Waals surface area contributed by atoms with E-state index in [4.69, 9.17) is 0 Å². The largest absolute Gasteiger partial charge is 0.387 e. The number of hydrogen-bond donors (Lipinski definition) is 1. The van der Waals surface area contributed by atoms with Gasteiger partial charge in [0.25, 0.3) is 0 Å². The van der Waals surface area contributed by atoms with E-state index in [0.717, 1.165) is 24.7 Å². The van der Waals surface area contributed by atoms with Crippen LogP contribution >= 0.6 is 0 Å². The maximum atomic E-state index is 9.72. The quantitative estimate of drug-likeness (QED) is 0.889. The Hall–Kier alpha value is -1.09. The normalized spacial score (nSPS) is 18.9. The van der Waals surface area contributed by atoms with E-state index in [1.807, 2.05) is 19.2 Å². The van der Waals surface area contributed by atoms with Gasteiger partial charge in [-0.25, -0.2) is 0 Å². The van der Waals surface area contributed by atoms with Gasteiger partial charge >= 0.3 is 0 Å². The van der Waals surface area contributed by atoms with Crippen molar-refractivity contribution < 1.29 is 5.11 Å². The minimum absolute atomic E-state index is 0.426. The minimum atomic E-state index is -0.426. The molecule has 1 aromatic rings. The number of piperidine rings is 1. The van der Waals surface area contributed by atoms with Gasteiger partial charge in [-0.1, -0.05) is 20.3 Å². The summed E-state index contributed by atoms with van der Waals surface area (Å²) in [5, 5.41) is 9.72. The van der Waals surface area contributed by atoms with E-state index >= 15 is 0 Å². The molecular weight excluding hydrogens is 224 g/mol. The average molecular weight is 248 g/mol. The maximum absolute atomic E-state index is 9.72. The summed E-state index contributed by atoms with van der Waals surface area (Å²) in [5.74, 6) is 0.899. The molecule has 1 aromatic heterocycles. The molecule has 1 aliphatic rings. The molecule has 1 fully saturated rings. The Bertz CT molecular complexity index is 355. The highest BCUT2D eigenvalue weighted by molar-refractivity contribution is 5.45. The van der Waals surface area contributed by atoms with Gasteiger partial charge in [-0.15, -0.1) is 0 Å². The van der Waals surface area contributed by atoms with E-state index in [9.17, 15) is 5.11 Å². The van der Waals surface area contributed by atoms with E-state index in [0.29, 0.717) is 6.42 Å². The van der Waals surface area contributed by atoms with E-state index < -0.39 is 6.10 Å². The molecule has 1 unspecified atom stereocenters. The van der Waals surface area contributed by atoms with Crippen molar-refractivity contribution in [1.29, 1.82) is 0 Å². The second kappa shape index (κ2) is 6.19. The monoisotopic (exact) mass is 248 g/mol. The van der Waals surface area contributed by atoms with E-state index in [-0.39, 0.29) is 0 Å². The van der Waals surface area contributed by atoms with Crippen LogP contribution in [0.1, 0.15) is 51.3 Å². The summed E-state index contributed by atoms with van der Waals surface area (Å²) < 4.78 is 0. The predicted octanol–water partition coefficient (Wildman–Crippen LogP) is 3.15. The van der Waals surface area contributed by atoms with Crippen LogP contribution in [0.2, 0.25) is 0 Å². The molecule has 0 saturated carbocycles. The second-order valence-electron chi connectivity index (χ2n) is 5.20. The molecule has 0 aliphatic carbocycles. The highest BCUT2D eigenvalue weighted by atomic mass is 16.3. The van der Waals surface area contributed by atoms with Gasteiger partial charge < -0.3 is 10.0 Å². The number of pyridine rings is 1. The summed E-state index contributed by atoms with van der Waals surface area (Å²) in [6.07, 6.45) is 6.07. The number of hydrogen-bond acceptors (Lipinski definition) is 3. The number of aromatic nitrogens is 1. The fraction of sp³-hybridized carbons (Fsp3) is 0.667. The molecule has 1 N–H and O–H groups in total. The molecule has 0 amide bonds. The van der Waals surface area contributed by atoms with Crippen LogP contribution in [-0.4, -0.2) is 23.2 Å². The standard InChI is InChI=1S/C15H24N2O/c1-3-12-7-9-17(10-8-12)13-5-6-14(16-11-13)15(18)4-2/h5-6,11-12,15,18H,3-4,7-10H2,1-2H3. The molecular formula is C15H24N2O. The lowest BCUT2D eigenvalue weighted by Gasteiger charge is -2.33. The van der Waals surface area contributed by atoms with E-state index in [1.165, 1.54) is 24.9 Å². The zero-order chi connectivity index (χ0) is 13.0. The second-order valence-corrected chi connectivity index (χ2v) is 5.20. The van der Waals surface area contributed by atoms with Crippen molar-refractivity contribution in [2.24, 2.45) is 5.92 Å². The summed E-state index contributed by atoms with van der Waals surface area (Å²) >= 11 is 0. The van der Waals surface area contributed by atoms with Crippen LogP contribution in [0.3, 0.4) is 0 Å². The number of aliphatic hydroxyl groups is 1. The lowest BCUT2D eigenvalue weighted by Crippen LogP contribution is -2.33. The molecule has 0 spiro atoms. The summed E-state index contributed by atoms with van der Waals surface area (Å²) in [6, 6.07) is 4.04. The highest BCUT2D eigenvalue weighted by Crippen LogP contribution is 2.25. The predicted molar refractivity (Wildman–Crippen MR) is 74.7 cm³/mol. The Kier molecular flexibility index (Phi) is 4.59. The zero-order valence-corrected chi connectivity index (χ0v) is 11.5. The highest BCUT2D eigenvalue weighted by Gasteiger charge is 2.18. The van der Waals surface area contributed by atoms with Crippen LogP contribution in [0.4, 0.5) is 5.69 Å². The van der Waals surface area contributed by atoms with Crippen molar-refractivity contribution in [2.75, 3.05) is 18.0 Å². The molecule has 1 atom stereocenters. The molecule has 0 aromatic carbocycles. The molecule has 2 rings (SSSR count). The maximum Gasteiger partial charge on any atom is 0.0957 e. The number of anilines is 1. The van der Waals surface area contributed by atoms with Gasteiger partial charge in [-0.05, 0) is 37.3 Å². The average Bonchev–Trinajstić information content (AvgIpc) is 2.47. The van der Waals surface area contributed by atoms with Crippen molar-refractivity contribution >= 4 is 5.69 Å². The third-order valence-electron chi connectivity index (χ3n) is 4.06. The first-order chi connectivity index (χ1) is 8.74. The van der Waals surface area contributed by atoms with Crippen molar-refractivity contribution in [3.05, 3.63) is 24.0 Å². The van der Waals surface area contributed by atoms with Gasteiger partial charge in [0, 0.05) is 13.1 Å². The molecule has 0 radical (unpaired) electrons. The zero-order valence-electron chi connectivity index (χ0n) is 11.5. The first kappa shape index (κ1) is 13.3. The molecule has 0 bridgehead atoms. The van der Waals surface area contributed by atoms with Crippen LogP contribution in [0.25, 0.3) is 0 Å². The van der Waals surface area contributed by atoms with E-state index in [2.05, 4.69) is 22.9 Å². The molecule has 3 nitrogen and oxygen atoms in total. The molecule has 3 heteroatoms. The molecule has 1 saturated heterocycles. The smallest absolute Gasteiger partial charge is 0.0957 e. The lowest BCUT2D eigenvalue weighted by atomic mass is 9.94. The fourth-order valence-electron chi connectivity index (χ4n) is 2.59. The Morgan fingerprint density at radius 3 is 2.56 bits per heavy atom. The lowest BCUT2D eigenvalue weighted by molar-refractivity contribution is 0.169. The third-order valence-corrected chi connectivity index (χ3v) is 4.06. The molecule has 18 heavy (non-hydrogen) atoms. The first-order valence-corrected chi connectivity index (χ1v) is 7.13. The number of aliphatic hydroxyl groups excluding tert-OH is 1. The molecule has 2 heterocycles. The van der Waals surface area contributed by atoms with Gasteiger partial charge in [-0.2, -0.15) is 0 Å². The fourth-order valence-corrected chi connectivity index (χ4v) is 2.59. The summed E-state index contributed by atoms with van der Waals surface area (Å²) in [5.41, 5.74) is 1.97. The van der Waals surface area contributed by atoms with Gasteiger partial charge in [0.2, 0.25) is 0 Å². The van der Waals surface area contributed by atoms with Crippen LogP contribution in [-0.2, 0) is 0 Å². The molecule has 1 aliphatic heterocycles.